The quantitative estimate of drug-likeness (QED) is 0.0281. The van der Waals surface area contributed by atoms with Crippen molar-refractivity contribution >= 4 is 88.6 Å². The summed E-state index contributed by atoms with van der Waals surface area (Å²) in [7, 11) is 0. The number of carboxylic acid groups (broad SMARTS) is 2. The van der Waals surface area contributed by atoms with Gasteiger partial charge in [0.05, 0.1) is 32.1 Å². The number of carbonyl (C=O) groups excluding carboxylic acids is 13. The molecule has 1 aromatic heterocycles. The van der Waals surface area contributed by atoms with Crippen LogP contribution in [0.5, 0.6) is 5.75 Å². The molecule has 9 atom stereocenters. The average molecular weight is 1240 g/mol. The minimum absolute atomic E-state index is 0.0306. The van der Waals surface area contributed by atoms with E-state index in [1.165, 1.54) is 41.7 Å². The fourth-order valence-corrected chi connectivity index (χ4v) is 8.99. The van der Waals surface area contributed by atoms with Gasteiger partial charge in [0.2, 0.25) is 70.8 Å². The molecule has 12 amide bonds. The van der Waals surface area contributed by atoms with E-state index < -0.39 is 194 Å². The highest BCUT2D eigenvalue weighted by molar-refractivity contribution is 6.38. The van der Waals surface area contributed by atoms with Crippen LogP contribution in [-0.2, 0) is 84.8 Å². The Hall–Kier alpha value is -9.56. The molecular weight excluding hydrogens is 1160 g/mol. The SMILES string of the molecule is CCC[C@H](NC(=O)C1CCCN1C(=O)[C@@H](NC(=O)[C@@H](NC(=O)[C@H](CCC(=O)O)NC(=O)[C@H](CCC(=O)O)NC(C)=O)C(C)C)C(C)C)C(=O)C(=O)NCC(=O)NCC(=O)N[C@@H](Cc1cnc[nH]1)C(=O)N[C@@H](Cc1ccc(O)cc1)C(=O)N[C@@H](CO)C(N)=O. The molecule has 33 nitrogen and oxygen atoms in total. The molecule has 33 heteroatoms. The number of nitrogens with two attached hydrogens (primary N) is 1. The molecule has 1 fully saturated rings. The maximum Gasteiger partial charge on any atom is 0.303 e. The number of nitrogens with zero attached hydrogens (tertiary/aromatic N) is 2. The standard InChI is InChI=1S/C55H80N14O19/c1-7-9-33(46(79)54(87)59-23-40(73)58-24-41(74)62-37(21-31-22-57-26-60-31)51(84)65-36(20-30-11-13-32(72)14-12-30)50(83)66-38(25-70)47(56)80)63-52(85)39-10-8-19-69(39)55(88)45(28(4)5)68-53(86)44(27(2)3)67-49(82)35(16-18-43(77)78)64-48(81)34(61-29(6)71)15-17-42(75)76/h11-14,22,26-28,33-39,44-45,70,72H,7-10,15-21,23-25H2,1-6H3,(H2,56,80)(H,57,60)(H,58,73)(H,59,87)(H,61,71)(H,62,74)(H,63,85)(H,64,81)(H,65,84)(H,66,83)(H,67,82)(H,68,86)(H,75,76)(H,77,78)/t33-,34-,35-,36-,37-,38-,39?,44-,45-/m0/s1. The molecule has 1 aliphatic rings. The number of carboxylic acids is 2. The number of phenolic OH excluding ortho intramolecular Hbond substituents is 1. The van der Waals surface area contributed by atoms with Crippen LogP contribution in [0.25, 0.3) is 0 Å². The van der Waals surface area contributed by atoms with Gasteiger partial charge in [-0.25, -0.2) is 4.98 Å². The predicted molar refractivity (Wildman–Crippen MR) is 306 cm³/mol. The number of aliphatic hydroxyl groups excluding tert-OH is 1. The van der Waals surface area contributed by atoms with Gasteiger partial charge in [0.25, 0.3) is 5.91 Å². The Bertz CT molecular complexity index is 2830. The van der Waals surface area contributed by atoms with E-state index in [-0.39, 0.29) is 50.8 Å². The number of phenols is 1. The lowest BCUT2D eigenvalue weighted by atomic mass is 9.98. The Balaban J connectivity index is 1.67. The number of primary amides is 1. The largest absolute Gasteiger partial charge is 0.508 e. The third-order valence-corrected chi connectivity index (χ3v) is 13.7. The van der Waals surface area contributed by atoms with Gasteiger partial charge in [0, 0.05) is 51.0 Å². The molecule has 1 unspecified atom stereocenters. The molecule has 1 aliphatic heterocycles. The number of amides is 12. The summed E-state index contributed by atoms with van der Waals surface area (Å²) in [6.45, 7) is 6.60. The fourth-order valence-electron chi connectivity index (χ4n) is 8.99. The second-order valence-corrected chi connectivity index (χ2v) is 21.5. The number of aromatic nitrogens is 2. The van der Waals surface area contributed by atoms with Crippen molar-refractivity contribution < 1.29 is 92.3 Å². The Labute approximate surface area is 505 Å². The zero-order chi connectivity index (χ0) is 65.9. The van der Waals surface area contributed by atoms with Crippen LogP contribution in [-0.4, -0.2) is 205 Å². The number of nitrogens with one attached hydrogen (secondary N) is 11. The molecule has 2 aromatic rings. The van der Waals surface area contributed by atoms with Crippen molar-refractivity contribution in [3.63, 3.8) is 0 Å². The molecule has 1 aromatic carbocycles. The van der Waals surface area contributed by atoms with Gasteiger partial charge >= 0.3 is 11.9 Å². The van der Waals surface area contributed by atoms with Gasteiger partial charge in [-0.3, -0.25) is 71.9 Å². The zero-order valence-corrected chi connectivity index (χ0v) is 49.6. The molecule has 88 heavy (non-hydrogen) atoms. The van der Waals surface area contributed by atoms with Crippen LogP contribution in [0.3, 0.4) is 0 Å². The minimum Gasteiger partial charge on any atom is -0.508 e. The van der Waals surface area contributed by atoms with Gasteiger partial charge < -0.3 is 89.2 Å². The Kier molecular flexibility index (Phi) is 29.6. The molecule has 0 spiro atoms. The maximum atomic E-state index is 14.3. The summed E-state index contributed by atoms with van der Waals surface area (Å²) in [6.07, 6.45) is 0.827. The number of likely N-dealkylation sites (tertiary alicyclic amines) is 1. The number of aromatic amines is 1. The Morgan fingerprint density at radius 2 is 1.17 bits per heavy atom. The summed E-state index contributed by atoms with van der Waals surface area (Å²) in [5.74, 6) is -16.4. The lowest BCUT2D eigenvalue weighted by Gasteiger charge is -2.33. The van der Waals surface area contributed by atoms with E-state index in [1.807, 2.05) is 0 Å². The van der Waals surface area contributed by atoms with Crippen LogP contribution in [0.15, 0.2) is 36.8 Å². The zero-order valence-electron chi connectivity index (χ0n) is 49.6. The number of aliphatic carboxylic acids is 2. The molecule has 0 aliphatic carbocycles. The van der Waals surface area contributed by atoms with Gasteiger partial charge in [0.15, 0.2) is 0 Å². The van der Waals surface area contributed by atoms with Crippen molar-refractivity contribution in [2.75, 3.05) is 26.2 Å². The van der Waals surface area contributed by atoms with Crippen molar-refractivity contribution in [1.29, 1.82) is 0 Å². The van der Waals surface area contributed by atoms with Crippen molar-refractivity contribution in [1.82, 2.24) is 68.0 Å². The van der Waals surface area contributed by atoms with Crippen molar-refractivity contribution in [3.8, 4) is 5.75 Å². The fraction of sp³-hybridized carbons (Fsp3) is 0.564. The molecule has 1 saturated heterocycles. The summed E-state index contributed by atoms with van der Waals surface area (Å²) in [5.41, 5.74) is 6.07. The topological polar surface area (TPSA) is 515 Å². The maximum absolute atomic E-state index is 14.3. The van der Waals surface area contributed by atoms with Crippen LogP contribution in [0.2, 0.25) is 0 Å². The first kappa shape index (κ1) is 72.7. The highest BCUT2D eigenvalue weighted by Crippen LogP contribution is 2.22. The van der Waals surface area contributed by atoms with Gasteiger partial charge in [0.1, 0.15) is 54.1 Å². The monoisotopic (exact) mass is 1240 g/mol. The molecule has 2 heterocycles. The van der Waals surface area contributed by atoms with Crippen LogP contribution in [0.1, 0.15) is 104 Å². The van der Waals surface area contributed by atoms with Crippen LogP contribution in [0, 0.1) is 11.8 Å². The summed E-state index contributed by atoms with van der Waals surface area (Å²) < 4.78 is 0. The molecule has 0 saturated carbocycles. The first-order valence-corrected chi connectivity index (χ1v) is 28.3. The predicted octanol–water partition coefficient (Wildman–Crippen LogP) is -5.09. The summed E-state index contributed by atoms with van der Waals surface area (Å²) in [6, 6.07) is -7.17. The Morgan fingerprint density at radius 1 is 0.636 bits per heavy atom. The third-order valence-electron chi connectivity index (χ3n) is 13.7. The number of rotatable bonds is 37. The lowest BCUT2D eigenvalue weighted by molar-refractivity contribution is -0.144. The van der Waals surface area contributed by atoms with E-state index in [2.05, 4.69) is 63.1 Å². The van der Waals surface area contributed by atoms with E-state index in [1.54, 1.807) is 34.6 Å². The summed E-state index contributed by atoms with van der Waals surface area (Å²) >= 11 is 0. The normalized spacial score (nSPS) is 15.5. The van der Waals surface area contributed by atoms with Gasteiger partial charge in [-0.15, -0.1) is 0 Å². The van der Waals surface area contributed by atoms with Crippen LogP contribution in [0.4, 0.5) is 0 Å². The van der Waals surface area contributed by atoms with Crippen molar-refractivity contribution in [2.24, 2.45) is 17.6 Å². The lowest BCUT2D eigenvalue weighted by Crippen LogP contribution is -2.61. The van der Waals surface area contributed by atoms with Crippen LogP contribution >= 0.6 is 0 Å². The molecule has 3 rings (SSSR count). The first-order valence-electron chi connectivity index (χ1n) is 28.3. The van der Waals surface area contributed by atoms with Crippen molar-refractivity contribution in [3.05, 3.63) is 48.0 Å². The number of ketones is 1. The van der Waals surface area contributed by atoms with Gasteiger partial charge in [-0.1, -0.05) is 53.2 Å². The number of imidazole rings is 1. The number of carbonyl (C=O) groups is 15. The minimum atomic E-state index is -1.59. The van der Waals surface area contributed by atoms with E-state index in [4.69, 9.17) is 10.8 Å². The highest BCUT2D eigenvalue weighted by Gasteiger charge is 2.42. The van der Waals surface area contributed by atoms with E-state index in [0.717, 1.165) is 6.92 Å². The second-order valence-electron chi connectivity index (χ2n) is 21.5. The molecule has 0 radical (unpaired) electrons. The van der Waals surface area contributed by atoms with Crippen LogP contribution < -0.4 is 58.9 Å². The smallest absolute Gasteiger partial charge is 0.303 e. The molecular formula is C55H80N14O19. The third kappa shape index (κ3) is 24.1. The first-order chi connectivity index (χ1) is 41.5. The molecule has 0 bridgehead atoms. The number of benzene rings is 1. The number of Topliss-reactive ketones (excluding diaryl/α,β-unsaturated/α-hetero) is 1. The van der Waals surface area contributed by atoms with E-state index >= 15 is 0 Å². The molecule has 17 N–H and O–H groups in total. The number of aliphatic hydroxyl groups is 1. The van der Waals surface area contributed by atoms with E-state index in [0.29, 0.717) is 17.7 Å². The second kappa shape index (κ2) is 35.8. The summed E-state index contributed by atoms with van der Waals surface area (Å²) in [4.78, 5) is 204. The average Bonchev–Trinajstić information content (AvgIpc) is 3.21. The molecule has 484 valence electrons. The van der Waals surface area contributed by atoms with Gasteiger partial charge in [-0.2, -0.15) is 0 Å². The van der Waals surface area contributed by atoms with Crippen molar-refractivity contribution in [2.45, 2.75) is 160 Å². The van der Waals surface area contributed by atoms with Gasteiger partial charge in [-0.05, 0) is 61.6 Å². The number of aromatic hydroxyl groups is 1. The van der Waals surface area contributed by atoms with E-state index in [9.17, 15) is 87.2 Å². The highest BCUT2D eigenvalue weighted by atomic mass is 16.4. The Morgan fingerprint density at radius 3 is 1.70 bits per heavy atom. The number of H-pyrrole nitrogens is 1. The number of hydrogen-bond donors (Lipinski definition) is 16. The summed E-state index contributed by atoms with van der Waals surface area (Å²) in [5, 5.41) is 61.7. The number of hydrogen-bond acceptors (Lipinski definition) is 18.